The van der Waals surface area contributed by atoms with Crippen LogP contribution in [0.3, 0.4) is 0 Å². The first kappa shape index (κ1) is 12.5. The Labute approximate surface area is 92.4 Å². The van der Waals surface area contributed by atoms with Crippen molar-refractivity contribution in [2.24, 2.45) is 5.73 Å². The summed E-state index contributed by atoms with van der Waals surface area (Å²) in [6.07, 6.45) is 2.63. The summed E-state index contributed by atoms with van der Waals surface area (Å²) < 4.78 is 0. The number of hydrazine groups is 1. The summed E-state index contributed by atoms with van der Waals surface area (Å²) in [5.74, 6) is 0.243. The smallest absolute Gasteiger partial charge is 0.236 e. The predicted octanol–water partition coefficient (Wildman–Crippen LogP) is 0.973. The van der Waals surface area contributed by atoms with Gasteiger partial charge in [-0.15, -0.1) is 0 Å². The zero-order valence-electron chi connectivity index (χ0n) is 10.1. The molecule has 1 heterocycles. The van der Waals surface area contributed by atoms with E-state index in [1.54, 1.807) is 0 Å². The van der Waals surface area contributed by atoms with Crippen molar-refractivity contribution in [1.82, 2.24) is 10.0 Å². The Morgan fingerprint density at radius 2 is 2.13 bits per heavy atom. The van der Waals surface area contributed by atoms with Gasteiger partial charge in [0.15, 0.2) is 0 Å². The molecule has 15 heavy (non-hydrogen) atoms. The molecule has 88 valence electrons. The van der Waals surface area contributed by atoms with Crippen molar-refractivity contribution in [1.29, 1.82) is 0 Å². The van der Waals surface area contributed by atoms with Gasteiger partial charge in [0.2, 0.25) is 5.91 Å². The quantitative estimate of drug-likeness (QED) is 0.757. The van der Waals surface area contributed by atoms with Gasteiger partial charge in [0.1, 0.15) is 0 Å². The van der Waals surface area contributed by atoms with Crippen LogP contribution < -0.4 is 5.73 Å². The molecular weight excluding hydrogens is 190 g/mol. The molecule has 2 N–H and O–H groups in total. The molecule has 1 aliphatic heterocycles. The molecule has 0 aromatic carbocycles. The van der Waals surface area contributed by atoms with Gasteiger partial charge in [-0.05, 0) is 26.7 Å². The standard InChI is InChI=1S/C11H23N3O/c1-4-7-14-10(15)6-5-8-13(14)9-11(2,3)12/h4-9,12H2,1-3H3. The summed E-state index contributed by atoms with van der Waals surface area (Å²) >= 11 is 0. The zero-order chi connectivity index (χ0) is 11.5. The minimum atomic E-state index is -0.246. The van der Waals surface area contributed by atoms with E-state index >= 15 is 0 Å². The van der Waals surface area contributed by atoms with Crippen molar-refractivity contribution in [3.8, 4) is 0 Å². The topological polar surface area (TPSA) is 49.6 Å². The Morgan fingerprint density at radius 3 is 2.67 bits per heavy atom. The summed E-state index contributed by atoms with van der Waals surface area (Å²) in [7, 11) is 0. The molecule has 1 saturated heterocycles. The van der Waals surface area contributed by atoms with E-state index in [9.17, 15) is 4.79 Å². The molecule has 0 radical (unpaired) electrons. The molecule has 0 spiro atoms. The third-order valence-corrected chi connectivity index (χ3v) is 2.46. The molecule has 0 bridgehead atoms. The van der Waals surface area contributed by atoms with Crippen LogP contribution in [0.1, 0.15) is 40.0 Å². The minimum absolute atomic E-state index is 0.243. The van der Waals surface area contributed by atoms with Crippen molar-refractivity contribution in [2.75, 3.05) is 19.6 Å². The Hall–Kier alpha value is -0.610. The molecule has 1 fully saturated rings. The largest absolute Gasteiger partial charge is 0.324 e. The third-order valence-electron chi connectivity index (χ3n) is 2.46. The number of hydrogen-bond donors (Lipinski definition) is 1. The highest BCUT2D eigenvalue weighted by Crippen LogP contribution is 2.15. The second kappa shape index (κ2) is 4.94. The second-order valence-electron chi connectivity index (χ2n) is 5.00. The van der Waals surface area contributed by atoms with Gasteiger partial charge in [-0.25, -0.2) is 5.01 Å². The maximum Gasteiger partial charge on any atom is 0.236 e. The van der Waals surface area contributed by atoms with Gasteiger partial charge in [-0.2, -0.15) is 0 Å². The van der Waals surface area contributed by atoms with Gasteiger partial charge in [-0.3, -0.25) is 9.80 Å². The molecule has 0 aliphatic carbocycles. The third kappa shape index (κ3) is 3.80. The Morgan fingerprint density at radius 1 is 1.47 bits per heavy atom. The molecule has 0 aromatic rings. The molecule has 0 saturated carbocycles. The highest BCUT2D eigenvalue weighted by Gasteiger charge is 2.28. The zero-order valence-corrected chi connectivity index (χ0v) is 10.1. The highest BCUT2D eigenvalue weighted by atomic mass is 16.2. The van der Waals surface area contributed by atoms with Gasteiger partial charge in [0.05, 0.1) is 0 Å². The second-order valence-corrected chi connectivity index (χ2v) is 5.00. The van der Waals surface area contributed by atoms with Crippen LogP contribution in [-0.2, 0) is 4.79 Å². The number of nitrogens with two attached hydrogens (primary N) is 1. The van der Waals surface area contributed by atoms with Crippen LogP contribution in [0.5, 0.6) is 0 Å². The van der Waals surface area contributed by atoms with Crippen molar-refractivity contribution in [3.05, 3.63) is 0 Å². The lowest BCUT2D eigenvalue weighted by Crippen LogP contribution is -2.57. The van der Waals surface area contributed by atoms with Crippen molar-refractivity contribution >= 4 is 5.91 Å². The van der Waals surface area contributed by atoms with Crippen molar-refractivity contribution < 1.29 is 4.79 Å². The normalized spacial score (nSPS) is 19.7. The summed E-state index contributed by atoms with van der Waals surface area (Å²) in [5, 5.41) is 3.98. The maximum atomic E-state index is 11.7. The fourth-order valence-electron chi connectivity index (χ4n) is 1.93. The Bertz CT molecular complexity index is 222. The highest BCUT2D eigenvalue weighted by molar-refractivity contribution is 5.76. The molecule has 0 aromatic heterocycles. The summed E-state index contributed by atoms with van der Waals surface area (Å²) in [5.41, 5.74) is 5.74. The lowest BCUT2D eigenvalue weighted by Gasteiger charge is -2.41. The summed E-state index contributed by atoms with van der Waals surface area (Å²) in [6, 6.07) is 0. The van der Waals surface area contributed by atoms with Crippen molar-refractivity contribution in [3.63, 3.8) is 0 Å². The van der Waals surface area contributed by atoms with Crippen molar-refractivity contribution in [2.45, 2.75) is 45.6 Å². The number of carbonyl (C=O) groups excluding carboxylic acids is 1. The van der Waals surface area contributed by atoms with Crippen LogP contribution in [0.15, 0.2) is 0 Å². The molecule has 4 heteroatoms. The molecule has 1 rings (SSSR count). The number of nitrogens with zero attached hydrogens (tertiary/aromatic N) is 2. The van der Waals surface area contributed by atoms with Gasteiger partial charge < -0.3 is 5.73 Å². The SMILES string of the molecule is CCCN1C(=O)CCCN1CC(C)(C)N. The van der Waals surface area contributed by atoms with E-state index in [-0.39, 0.29) is 11.4 Å². The van der Waals surface area contributed by atoms with Gasteiger partial charge in [-0.1, -0.05) is 6.92 Å². The fraction of sp³-hybridized carbons (Fsp3) is 0.909. The predicted molar refractivity (Wildman–Crippen MR) is 61.1 cm³/mol. The van der Waals surface area contributed by atoms with E-state index in [0.717, 1.165) is 32.5 Å². The molecular formula is C11H23N3O. The van der Waals surface area contributed by atoms with Crippen LogP contribution in [0.2, 0.25) is 0 Å². The number of rotatable bonds is 4. The van der Waals surface area contributed by atoms with Crippen LogP contribution in [0.4, 0.5) is 0 Å². The lowest BCUT2D eigenvalue weighted by molar-refractivity contribution is -0.156. The lowest BCUT2D eigenvalue weighted by atomic mass is 10.1. The molecule has 4 nitrogen and oxygen atoms in total. The maximum absolute atomic E-state index is 11.7. The van der Waals surface area contributed by atoms with Crippen LogP contribution in [0, 0.1) is 0 Å². The summed E-state index contributed by atoms with van der Waals surface area (Å²) in [6.45, 7) is 8.60. The summed E-state index contributed by atoms with van der Waals surface area (Å²) in [4.78, 5) is 11.7. The molecule has 1 aliphatic rings. The number of amides is 1. The van der Waals surface area contributed by atoms with E-state index in [4.69, 9.17) is 5.73 Å². The van der Waals surface area contributed by atoms with E-state index < -0.39 is 0 Å². The molecule has 0 atom stereocenters. The molecule has 1 amide bonds. The number of carbonyl (C=O) groups is 1. The van der Waals surface area contributed by atoms with E-state index in [1.807, 2.05) is 18.9 Å². The van der Waals surface area contributed by atoms with Gasteiger partial charge in [0, 0.05) is 31.6 Å². The Balaban J connectivity index is 2.62. The van der Waals surface area contributed by atoms with Gasteiger partial charge in [0.25, 0.3) is 0 Å². The number of hydrogen-bond acceptors (Lipinski definition) is 3. The van der Waals surface area contributed by atoms with E-state index in [1.165, 1.54) is 0 Å². The first-order valence-electron chi connectivity index (χ1n) is 5.78. The average Bonchev–Trinajstić information content (AvgIpc) is 2.08. The minimum Gasteiger partial charge on any atom is -0.324 e. The van der Waals surface area contributed by atoms with Crippen LogP contribution in [-0.4, -0.2) is 41.1 Å². The fourth-order valence-corrected chi connectivity index (χ4v) is 1.93. The first-order chi connectivity index (χ1) is 6.94. The monoisotopic (exact) mass is 213 g/mol. The average molecular weight is 213 g/mol. The Kier molecular flexibility index (Phi) is 4.11. The molecule has 0 unspecified atom stereocenters. The van der Waals surface area contributed by atoms with E-state index in [0.29, 0.717) is 6.42 Å². The van der Waals surface area contributed by atoms with Crippen LogP contribution >= 0.6 is 0 Å². The first-order valence-corrected chi connectivity index (χ1v) is 5.78. The van der Waals surface area contributed by atoms with Crippen LogP contribution in [0.25, 0.3) is 0 Å². The van der Waals surface area contributed by atoms with E-state index in [2.05, 4.69) is 11.9 Å². The van der Waals surface area contributed by atoms with Gasteiger partial charge >= 0.3 is 0 Å².